The molecular formula is C23H35NO7S. The molecule has 1 fully saturated rings. The van der Waals surface area contributed by atoms with Crippen LogP contribution in [0.2, 0.25) is 0 Å². The molecule has 1 unspecified atom stereocenters. The number of rotatable bonds is 10. The molecule has 1 aromatic carbocycles. The summed E-state index contributed by atoms with van der Waals surface area (Å²) in [5, 5.41) is 13.0. The van der Waals surface area contributed by atoms with E-state index < -0.39 is 51.9 Å². The van der Waals surface area contributed by atoms with Crippen LogP contribution in [-0.4, -0.2) is 69.0 Å². The number of benzene rings is 1. The molecular weight excluding hydrogens is 434 g/mol. The fourth-order valence-corrected chi connectivity index (χ4v) is 5.52. The lowest BCUT2D eigenvalue weighted by Gasteiger charge is -2.24. The number of methoxy groups -OCH3 is 1. The number of hydrogen-bond donors (Lipinski definition) is 2. The molecule has 1 aliphatic rings. The molecule has 180 valence electrons. The number of carbonyl (C=O) groups excluding carboxylic acids is 1. The van der Waals surface area contributed by atoms with Crippen LogP contribution in [0.25, 0.3) is 0 Å². The molecule has 8 nitrogen and oxygen atoms in total. The second-order valence-corrected chi connectivity index (χ2v) is 11.0. The largest absolute Gasteiger partial charge is 0.444 e. The van der Waals surface area contributed by atoms with Gasteiger partial charge in [0.25, 0.3) is 0 Å². The highest BCUT2D eigenvalue weighted by atomic mass is 32.2. The van der Waals surface area contributed by atoms with Gasteiger partial charge in [-0.3, -0.25) is 0 Å². The predicted molar refractivity (Wildman–Crippen MR) is 121 cm³/mol. The number of sulfone groups is 1. The van der Waals surface area contributed by atoms with Crippen LogP contribution in [0.3, 0.4) is 0 Å². The SMILES string of the molecule is C=CC[C@@H]1OC(C[C@H](O)CNC(=O)OC(C)(C)C)[C@H](OC)[C@H]1CS(=O)(=O)c1ccccc1. The van der Waals surface area contributed by atoms with Crippen molar-refractivity contribution in [2.24, 2.45) is 5.92 Å². The van der Waals surface area contributed by atoms with Crippen LogP contribution in [0.5, 0.6) is 0 Å². The van der Waals surface area contributed by atoms with Crippen molar-refractivity contribution in [2.75, 3.05) is 19.4 Å². The molecule has 0 saturated carbocycles. The van der Waals surface area contributed by atoms with Crippen molar-refractivity contribution in [1.82, 2.24) is 5.32 Å². The van der Waals surface area contributed by atoms with Crippen LogP contribution in [0, 0.1) is 5.92 Å². The van der Waals surface area contributed by atoms with Crippen LogP contribution in [0.15, 0.2) is 47.9 Å². The van der Waals surface area contributed by atoms with Crippen molar-refractivity contribution in [1.29, 1.82) is 0 Å². The Balaban J connectivity index is 2.06. The number of nitrogens with one attached hydrogen (secondary N) is 1. The lowest BCUT2D eigenvalue weighted by Crippen LogP contribution is -2.40. The molecule has 1 saturated heterocycles. The third-order valence-electron chi connectivity index (χ3n) is 5.19. The number of amides is 1. The predicted octanol–water partition coefficient (Wildman–Crippen LogP) is 2.71. The van der Waals surface area contributed by atoms with Gasteiger partial charge in [0.15, 0.2) is 9.84 Å². The number of alkyl carbamates (subject to hydrolysis) is 1. The van der Waals surface area contributed by atoms with Crippen LogP contribution in [0.4, 0.5) is 4.79 Å². The summed E-state index contributed by atoms with van der Waals surface area (Å²) in [7, 11) is -2.05. The van der Waals surface area contributed by atoms with E-state index in [1.54, 1.807) is 57.2 Å². The molecule has 0 aliphatic carbocycles. The minimum absolute atomic E-state index is 0.0235. The van der Waals surface area contributed by atoms with E-state index in [-0.39, 0.29) is 23.6 Å². The van der Waals surface area contributed by atoms with Gasteiger partial charge in [-0.2, -0.15) is 0 Å². The average Bonchev–Trinajstić information content (AvgIpc) is 3.01. The summed E-state index contributed by atoms with van der Waals surface area (Å²) in [5.74, 6) is -0.573. The molecule has 0 spiro atoms. The number of aliphatic hydroxyl groups excluding tert-OH is 1. The van der Waals surface area contributed by atoms with E-state index in [2.05, 4.69) is 11.9 Å². The lowest BCUT2D eigenvalue weighted by molar-refractivity contribution is -0.0310. The van der Waals surface area contributed by atoms with Gasteiger partial charge in [0.2, 0.25) is 0 Å². The van der Waals surface area contributed by atoms with Crippen LogP contribution in [-0.2, 0) is 24.0 Å². The Morgan fingerprint density at radius 3 is 2.50 bits per heavy atom. The molecule has 2 rings (SSSR count). The Kier molecular flexibility index (Phi) is 9.27. The first-order chi connectivity index (χ1) is 15.0. The Hall–Kier alpha value is -1.94. The minimum Gasteiger partial charge on any atom is -0.444 e. The molecule has 9 heteroatoms. The number of aliphatic hydroxyl groups is 1. The number of hydrogen-bond acceptors (Lipinski definition) is 7. The second kappa shape index (κ2) is 11.3. The van der Waals surface area contributed by atoms with Gasteiger partial charge in [-0.05, 0) is 39.3 Å². The van der Waals surface area contributed by atoms with E-state index in [0.29, 0.717) is 6.42 Å². The molecule has 0 aromatic heterocycles. The van der Waals surface area contributed by atoms with E-state index >= 15 is 0 Å². The maximum absolute atomic E-state index is 13.0. The first-order valence-corrected chi connectivity index (χ1v) is 12.3. The fourth-order valence-electron chi connectivity index (χ4n) is 3.85. The summed E-state index contributed by atoms with van der Waals surface area (Å²) in [6.07, 6.45) is -0.704. The lowest BCUT2D eigenvalue weighted by atomic mass is 9.94. The average molecular weight is 470 g/mol. The van der Waals surface area contributed by atoms with Gasteiger partial charge in [-0.1, -0.05) is 24.3 Å². The molecule has 32 heavy (non-hydrogen) atoms. The van der Waals surface area contributed by atoms with E-state index in [9.17, 15) is 18.3 Å². The van der Waals surface area contributed by atoms with Crippen molar-refractivity contribution in [3.05, 3.63) is 43.0 Å². The van der Waals surface area contributed by atoms with Crippen molar-refractivity contribution in [3.63, 3.8) is 0 Å². The van der Waals surface area contributed by atoms with Crippen molar-refractivity contribution in [2.45, 2.75) is 68.5 Å². The van der Waals surface area contributed by atoms with E-state index in [1.165, 1.54) is 7.11 Å². The highest BCUT2D eigenvalue weighted by molar-refractivity contribution is 7.91. The summed E-state index contributed by atoms with van der Waals surface area (Å²) in [6.45, 7) is 8.98. The second-order valence-electron chi connectivity index (χ2n) is 8.97. The monoisotopic (exact) mass is 469 g/mol. The molecule has 0 bridgehead atoms. The standard InChI is InChI=1S/C23H35NO7S/c1-6-10-19-18(15-32(27,28)17-11-8-7-9-12-17)21(29-5)20(30-19)13-16(25)14-24-22(26)31-23(2,3)4/h6-9,11-12,16,18-21,25H,1,10,13-15H2,2-5H3,(H,24,26)/t16-,18-,19-,20?,21+/m0/s1. The Labute approximate surface area is 190 Å². The highest BCUT2D eigenvalue weighted by Crippen LogP contribution is 2.35. The highest BCUT2D eigenvalue weighted by Gasteiger charge is 2.46. The quantitative estimate of drug-likeness (QED) is 0.507. The fraction of sp³-hybridized carbons (Fsp3) is 0.609. The Morgan fingerprint density at radius 1 is 1.28 bits per heavy atom. The van der Waals surface area contributed by atoms with Gasteiger partial charge in [0.05, 0.1) is 35.1 Å². The maximum Gasteiger partial charge on any atom is 0.407 e. The summed E-state index contributed by atoms with van der Waals surface area (Å²) < 4.78 is 42.8. The van der Waals surface area contributed by atoms with Crippen LogP contribution in [0.1, 0.15) is 33.6 Å². The summed E-state index contributed by atoms with van der Waals surface area (Å²) in [6, 6.07) is 8.27. The molecule has 1 aromatic rings. The van der Waals surface area contributed by atoms with Crippen molar-refractivity contribution < 1.29 is 32.5 Å². The van der Waals surface area contributed by atoms with Crippen molar-refractivity contribution >= 4 is 15.9 Å². The molecule has 1 heterocycles. The zero-order chi connectivity index (χ0) is 23.9. The first kappa shape index (κ1) is 26.3. The Morgan fingerprint density at radius 2 is 1.94 bits per heavy atom. The molecule has 5 atom stereocenters. The van der Waals surface area contributed by atoms with Crippen molar-refractivity contribution in [3.8, 4) is 0 Å². The smallest absolute Gasteiger partial charge is 0.407 e. The minimum atomic E-state index is -3.56. The zero-order valence-electron chi connectivity index (χ0n) is 19.2. The van der Waals surface area contributed by atoms with E-state index in [1.807, 2.05) is 0 Å². The van der Waals surface area contributed by atoms with Gasteiger partial charge < -0.3 is 24.6 Å². The summed E-state index contributed by atoms with van der Waals surface area (Å²) in [5.41, 5.74) is -0.639. The first-order valence-electron chi connectivity index (χ1n) is 10.7. The molecule has 0 radical (unpaired) electrons. The molecule has 2 N–H and O–H groups in total. The van der Waals surface area contributed by atoms with E-state index in [4.69, 9.17) is 14.2 Å². The third-order valence-corrected chi connectivity index (χ3v) is 7.00. The maximum atomic E-state index is 13.0. The van der Waals surface area contributed by atoms with Gasteiger partial charge in [-0.15, -0.1) is 6.58 Å². The third kappa shape index (κ3) is 7.58. The zero-order valence-corrected chi connectivity index (χ0v) is 20.0. The summed E-state index contributed by atoms with van der Waals surface area (Å²) >= 11 is 0. The molecule has 1 amide bonds. The van der Waals surface area contributed by atoms with Crippen LogP contribution >= 0.6 is 0 Å². The van der Waals surface area contributed by atoms with Crippen LogP contribution < -0.4 is 5.32 Å². The van der Waals surface area contributed by atoms with Gasteiger partial charge >= 0.3 is 6.09 Å². The molecule has 1 aliphatic heterocycles. The van der Waals surface area contributed by atoms with Gasteiger partial charge in [0.1, 0.15) is 5.60 Å². The van der Waals surface area contributed by atoms with Gasteiger partial charge in [0, 0.05) is 26.0 Å². The van der Waals surface area contributed by atoms with Gasteiger partial charge in [-0.25, -0.2) is 13.2 Å². The number of ether oxygens (including phenoxy) is 3. The Bertz CT molecular complexity index is 851. The topological polar surface area (TPSA) is 111 Å². The number of carbonyl (C=O) groups is 1. The normalized spacial score (nSPS) is 24.7. The summed E-state index contributed by atoms with van der Waals surface area (Å²) in [4.78, 5) is 12.1. The van der Waals surface area contributed by atoms with E-state index in [0.717, 1.165) is 0 Å².